The van der Waals surface area contributed by atoms with Crippen LogP contribution < -0.4 is 5.56 Å². The van der Waals surface area contributed by atoms with E-state index in [4.69, 9.17) is 16.3 Å². The van der Waals surface area contributed by atoms with Crippen molar-refractivity contribution in [3.8, 4) is 32.5 Å². The molecule has 0 spiro atoms. The van der Waals surface area contributed by atoms with Gasteiger partial charge in [0.25, 0.3) is 5.56 Å². The van der Waals surface area contributed by atoms with E-state index in [2.05, 4.69) is 10.1 Å². The molecule has 0 atom stereocenters. The molecule has 3 aromatic rings. The number of carbonyl (C=O) groups is 1. The molecule has 0 radical (unpaired) electrons. The molecule has 32 heavy (non-hydrogen) atoms. The number of para-hydroxylation sites is 1. The summed E-state index contributed by atoms with van der Waals surface area (Å²) in [5.41, 5.74) is 1.99. The number of methoxy groups -OCH3 is 1. The van der Waals surface area contributed by atoms with E-state index in [0.717, 1.165) is 10.4 Å². The highest BCUT2D eigenvalue weighted by Gasteiger charge is 2.25. The van der Waals surface area contributed by atoms with E-state index in [9.17, 15) is 9.59 Å². The van der Waals surface area contributed by atoms with Crippen molar-refractivity contribution in [2.75, 3.05) is 7.11 Å². The third-order valence-corrected chi connectivity index (χ3v) is 6.23. The molecule has 0 saturated carbocycles. The number of esters is 1. The summed E-state index contributed by atoms with van der Waals surface area (Å²) in [6, 6.07) is 16.5. The molecular weight excluding hydrogens is 448 g/mol. The standard InChI is InChI=1S/C23H15ClN4O3S/c1-31-22(30)18-13-27(23-25-11-19(32-23)14-7-9-15(24)10-8-14)12-17-20(18)26-28(21(17)29)16-5-3-2-4-6-16/h2-13H,1H3. The number of fused-ring (bicyclic) bond motifs is 1. The zero-order valence-corrected chi connectivity index (χ0v) is 18.3. The fourth-order valence-corrected chi connectivity index (χ4v) is 4.35. The van der Waals surface area contributed by atoms with Crippen LogP contribution in [0.2, 0.25) is 5.02 Å². The second-order valence-corrected chi connectivity index (χ2v) is 8.35. The van der Waals surface area contributed by atoms with Crippen LogP contribution in [0, 0.1) is 0 Å². The number of rotatable bonds is 4. The number of carbonyl (C=O) groups excluding carboxylic acids is 1. The maximum atomic E-state index is 13.1. The Balaban J connectivity index is 1.67. The molecule has 7 nitrogen and oxygen atoms in total. The summed E-state index contributed by atoms with van der Waals surface area (Å²) >= 11 is 7.40. The van der Waals surface area contributed by atoms with Gasteiger partial charge >= 0.3 is 5.97 Å². The van der Waals surface area contributed by atoms with Crippen molar-refractivity contribution in [3.63, 3.8) is 0 Å². The number of thiazole rings is 1. The summed E-state index contributed by atoms with van der Waals surface area (Å²) in [6.07, 6.45) is 4.96. The summed E-state index contributed by atoms with van der Waals surface area (Å²) in [7, 11) is 1.29. The van der Waals surface area contributed by atoms with Gasteiger partial charge in [-0.25, -0.2) is 9.78 Å². The molecule has 5 rings (SSSR count). The Labute approximate surface area is 191 Å². The first kappa shape index (κ1) is 20.2. The van der Waals surface area contributed by atoms with Crippen LogP contribution in [0.15, 0.2) is 78.0 Å². The first-order valence-corrected chi connectivity index (χ1v) is 10.8. The maximum Gasteiger partial charge on any atom is 0.341 e. The topological polar surface area (TPSA) is 79.0 Å². The summed E-state index contributed by atoms with van der Waals surface area (Å²) in [6.45, 7) is 0. The number of nitrogens with zero attached hydrogens (tertiary/aromatic N) is 4. The van der Waals surface area contributed by atoms with Crippen molar-refractivity contribution in [2.45, 2.75) is 0 Å². The van der Waals surface area contributed by atoms with Gasteiger partial charge in [-0.05, 0) is 29.8 Å². The molecule has 9 heteroatoms. The van der Waals surface area contributed by atoms with Crippen LogP contribution in [0.3, 0.4) is 0 Å². The Morgan fingerprint density at radius 3 is 2.53 bits per heavy atom. The molecule has 2 aromatic carbocycles. The monoisotopic (exact) mass is 462 g/mol. The number of hydrogen-bond donors (Lipinski definition) is 0. The van der Waals surface area contributed by atoms with Gasteiger partial charge in [0, 0.05) is 23.6 Å². The molecule has 0 saturated heterocycles. The van der Waals surface area contributed by atoms with Crippen LogP contribution in [0.1, 0.15) is 10.4 Å². The Hall–Kier alpha value is -3.75. The van der Waals surface area contributed by atoms with E-state index < -0.39 is 5.97 Å². The fraction of sp³-hybridized carbons (Fsp3) is 0.0435. The normalized spacial score (nSPS) is 11.1. The Kier molecular flexibility index (Phi) is 5.08. The van der Waals surface area contributed by atoms with Gasteiger partial charge < -0.3 is 4.74 Å². The Bertz CT molecular complexity index is 1450. The third-order valence-electron chi connectivity index (χ3n) is 4.92. The van der Waals surface area contributed by atoms with E-state index in [1.165, 1.54) is 23.1 Å². The van der Waals surface area contributed by atoms with Crippen molar-refractivity contribution >= 4 is 28.9 Å². The summed E-state index contributed by atoms with van der Waals surface area (Å²) in [5.74, 6) is -0.587. The fourth-order valence-electron chi connectivity index (χ4n) is 3.35. The number of halogens is 1. The molecule has 1 aromatic heterocycles. The minimum atomic E-state index is -0.587. The number of pyridine rings is 1. The number of benzene rings is 2. The molecule has 0 unspecified atom stereocenters. The highest BCUT2D eigenvalue weighted by molar-refractivity contribution is 7.17. The summed E-state index contributed by atoms with van der Waals surface area (Å²) < 4.78 is 7.87. The molecule has 2 aliphatic heterocycles. The van der Waals surface area contributed by atoms with Gasteiger partial charge in [-0.15, -0.1) is 0 Å². The smallest absolute Gasteiger partial charge is 0.341 e. The van der Waals surface area contributed by atoms with Crippen molar-refractivity contribution in [1.82, 2.24) is 19.3 Å². The van der Waals surface area contributed by atoms with Crippen LogP contribution >= 0.6 is 22.9 Å². The minimum absolute atomic E-state index is 0.181. The number of ether oxygens (including phenoxy) is 1. The van der Waals surface area contributed by atoms with Crippen molar-refractivity contribution < 1.29 is 9.53 Å². The van der Waals surface area contributed by atoms with Gasteiger partial charge in [-0.3, -0.25) is 9.36 Å². The van der Waals surface area contributed by atoms with E-state index in [1.807, 2.05) is 42.5 Å². The number of hydrogen-bond acceptors (Lipinski definition) is 6. The minimum Gasteiger partial charge on any atom is -0.465 e. The highest BCUT2D eigenvalue weighted by atomic mass is 35.5. The van der Waals surface area contributed by atoms with E-state index in [1.54, 1.807) is 35.3 Å². The SMILES string of the molecule is COC(=O)c1cn(-c2ncc(-c3ccc(Cl)cc3)s2)cc2c(=O)n(-c3ccccc3)nc1-2. The molecule has 3 heterocycles. The predicted octanol–water partition coefficient (Wildman–Crippen LogP) is 4.69. The van der Waals surface area contributed by atoms with Gasteiger partial charge in [0.2, 0.25) is 0 Å². The molecule has 0 bridgehead atoms. The van der Waals surface area contributed by atoms with Crippen molar-refractivity contribution in [3.05, 3.63) is 94.1 Å². The average molecular weight is 463 g/mol. The highest BCUT2D eigenvalue weighted by Crippen LogP contribution is 2.31. The van der Waals surface area contributed by atoms with Crippen molar-refractivity contribution in [1.29, 1.82) is 0 Å². The molecule has 2 aliphatic rings. The first-order chi connectivity index (χ1) is 15.5. The lowest BCUT2D eigenvalue weighted by Crippen LogP contribution is -2.15. The van der Waals surface area contributed by atoms with Gasteiger partial charge in [-0.2, -0.15) is 9.78 Å². The summed E-state index contributed by atoms with van der Waals surface area (Å²) in [4.78, 5) is 31.1. The third kappa shape index (κ3) is 3.49. The van der Waals surface area contributed by atoms with Crippen LogP contribution in [-0.2, 0) is 4.74 Å². The zero-order chi connectivity index (χ0) is 22.2. The molecule has 158 valence electrons. The van der Waals surface area contributed by atoms with Crippen LogP contribution in [-0.4, -0.2) is 32.4 Å². The maximum absolute atomic E-state index is 13.1. The van der Waals surface area contributed by atoms with Gasteiger partial charge in [-0.1, -0.05) is 53.3 Å². The average Bonchev–Trinajstić information content (AvgIpc) is 3.44. The number of aromatic nitrogens is 4. The van der Waals surface area contributed by atoms with Gasteiger partial charge in [0.05, 0.1) is 23.2 Å². The zero-order valence-electron chi connectivity index (χ0n) is 16.7. The second-order valence-electron chi connectivity index (χ2n) is 6.90. The van der Waals surface area contributed by atoms with Crippen LogP contribution in [0.4, 0.5) is 0 Å². The molecule has 0 aliphatic carbocycles. The van der Waals surface area contributed by atoms with E-state index in [0.29, 0.717) is 21.4 Å². The molecule has 0 amide bonds. The predicted molar refractivity (Wildman–Crippen MR) is 123 cm³/mol. The second kappa shape index (κ2) is 8.07. The van der Waals surface area contributed by atoms with Crippen molar-refractivity contribution in [2.24, 2.45) is 0 Å². The molecule has 0 N–H and O–H groups in total. The summed E-state index contributed by atoms with van der Waals surface area (Å²) in [5, 5.41) is 5.65. The lowest BCUT2D eigenvalue weighted by Gasteiger charge is -2.09. The van der Waals surface area contributed by atoms with Gasteiger partial charge in [0.1, 0.15) is 11.3 Å². The first-order valence-electron chi connectivity index (χ1n) is 9.56. The van der Waals surface area contributed by atoms with E-state index >= 15 is 0 Å². The lowest BCUT2D eigenvalue weighted by molar-refractivity contribution is 0.0600. The van der Waals surface area contributed by atoms with E-state index in [-0.39, 0.29) is 16.8 Å². The van der Waals surface area contributed by atoms with Crippen LogP contribution in [0.25, 0.3) is 32.5 Å². The Morgan fingerprint density at radius 1 is 1.06 bits per heavy atom. The molecule has 0 fully saturated rings. The Morgan fingerprint density at radius 2 is 1.81 bits per heavy atom. The lowest BCUT2D eigenvalue weighted by atomic mass is 10.1. The van der Waals surface area contributed by atoms with Crippen LogP contribution in [0.5, 0.6) is 0 Å². The quantitative estimate of drug-likeness (QED) is 0.362. The largest absolute Gasteiger partial charge is 0.465 e. The van der Waals surface area contributed by atoms with Gasteiger partial charge in [0.15, 0.2) is 5.13 Å². The molecular formula is C23H15ClN4O3S.